The Morgan fingerprint density at radius 2 is 1.94 bits per heavy atom. The van der Waals surface area contributed by atoms with Crippen molar-refractivity contribution in [3.63, 3.8) is 0 Å². The Labute approximate surface area is 199 Å². The lowest BCUT2D eigenvalue weighted by Crippen LogP contribution is -2.48. The zero-order valence-electron chi connectivity index (χ0n) is 18.1. The van der Waals surface area contributed by atoms with Crippen molar-refractivity contribution in [2.45, 2.75) is 32.1 Å². The SMILES string of the molecule is CCC1(OC(=O)CN)C(=O)OCc2c1cc1n(c2=O)Cc2cc3cc4c(cc3nc2-1)OCO4.Cl. The number of fused-ring (bicyclic) bond motifs is 6. The van der Waals surface area contributed by atoms with E-state index in [1.54, 1.807) is 23.6 Å². The molecule has 0 saturated carbocycles. The number of ether oxygens (including phenoxy) is 4. The molecule has 11 heteroatoms. The van der Waals surface area contributed by atoms with Crippen molar-refractivity contribution in [3.05, 3.63) is 51.3 Å². The van der Waals surface area contributed by atoms with Crippen LogP contribution in [0.1, 0.15) is 30.0 Å². The summed E-state index contributed by atoms with van der Waals surface area (Å²) in [5.41, 5.74) is 6.69. The van der Waals surface area contributed by atoms with E-state index >= 15 is 0 Å². The Morgan fingerprint density at radius 1 is 1.18 bits per heavy atom. The number of rotatable bonds is 3. The molecule has 0 radical (unpaired) electrons. The van der Waals surface area contributed by atoms with Gasteiger partial charge in [-0.15, -0.1) is 12.4 Å². The van der Waals surface area contributed by atoms with Gasteiger partial charge in [-0.2, -0.15) is 0 Å². The molecule has 2 N–H and O–H groups in total. The Bertz CT molecular complexity index is 1450. The average Bonchev–Trinajstić information content (AvgIpc) is 3.42. The number of carbonyl (C=O) groups is 2. The van der Waals surface area contributed by atoms with Gasteiger partial charge in [0.25, 0.3) is 5.56 Å². The molecule has 1 unspecified atom stereocenters. The molecule has 0 bridgehead atoms. The molecule has 6 rings (SSSR count). The van der Waals surface area contributed by atoms with Gasteiger partial charge in [-0.1, -0.05) is 6.92 Å². The molecular formula is C23H20ClN3O7. The number of halogens is 1. The second-order valence-corrected chi connectivity index (χ2v) is 8.14. The summed E-state index contributed by atoms with van der Waals surface area (Å²) >= 11 is 0. The highest BCUT2D eigenvalue weighted by atomic mass is 35.5. The molecule has 10 nitrogen and oxygen atoms in total. The van der Waals surface area contributed by atoms with E-state index in [-0.39, 0.29) is 43.4 Å². The average molecular weight is 486 g/mol. The Morgan fingerprint density at radius 3 is 2.68 bits per heavy atom. The van der Waals surface area contributed by atoms with Crippen molar-refractivity contribution in [1.29, 1.82) is 0 Å². The second-order valence-electron chi connectivity index (χ2n) is 8.14. The molecule has 0 saturated heterocycles. The van der Waals surface area contributed by atoms with Gasteiger partial charge in [-0.3, -0.25) is 9.59 Å². The summed E-state index contributed by atoms with van der Waals surface area (Å²) in [6.45, 7) is 1.58. The van der Waals surface area contributed by atoms with Crippen molar-refractivity contribution in [3.8, 4) is 22.9 Å². The van der Waals surface area contributed by atoms with E-state index in [1.165, 1.54) is 0 Å². The van der Waals surface area contributed by atoms with Crippen LogP contribution in [0.3, 0.4) is 0 Å². The molecule has 3 aliphatic heterocycles. The maximum Gasteiger partial charge on any atom is 0.355 e. The molecule has 2 aromatic heterocycles. The van der Waals surface area contributed by atoms with Crippen LogP contribution in [0.4, 0.5) is 0 Å². The molecule has 1 atom stereocenters. The van der Waals surface area contributed by atoms with Crippen molar-refractivity contribution in [2.24, 2.45) is 5.73 Å². The Kier molecular flexibility index (Phi) is 5.03. The molecular weight excluding hydrogens is 466 g/mol. The van der Waals surface area contributed by atoms with Crippen LogP contribution in [0.25, 0.3) is 22.3 Å². The highest BCUT2D eigenvalue weighted by Crippen LogP contribution is 2.42. The molecule has 3 aromatic rings. The molecule has 1 aromatic carbocycles. The third-order valence-electron chi connectivity index (χ3n) is 6.42. The number of aromatic nitrogens is 2. The van der Waals surface area contributed by atoms with Crippen LogP contribution in [0.2, 0.25) is 0 Å². The Balaban J connectivity index is 0.00000241. The zero-order valence-corrected chi connectivity index (χ0v) is 18.9. The lowest BCUT2D eigenvalue weighted by molar-refractivity contribution is -0.188. The molecule has 34 heavy (non-hydrogen) atoms. The first-order valence-corrected chi connectivity index (χ1v) is 10.5. The third-order valence-corrected chi connectivity index (χ3v) is 6.42. The van der Waals surface area contributed by atoms with Gasteiger partial charge in [0.1, 0.15) is 6.61 Å². The molecule has 5 heterocycles. The van der Waals surface area contributed by atoms with Gasteiger partial charge < -0.3 is 29.2 Å². The van der Waals surface area contributed by atoms with Crippen molar-refractivity contribution in [2.75, 3.05) is 13.3 Å². The molecule has 0 spiro atoms. The summed E-state index contributed by atoms with van der Waals surface area (Å²) in [6.07, 6.45) is 0.0922. The maximum absolute atomic E-state index is 13.4. The first kappa shape index (κ1) is 22.2. The van der Waals surface area contributed by atoms with Crippen LogP contribution < -0.4 is 20.8 Å². The minimum absolute atomic E-state index is 0. The maximum atomic E-state index is 13.4. The summed E-state index contributed by atoms with van der Waals surface area (Å²) in [7, 11) is 0. The van der Waals surface area contributed by atoms with Crippen LogP contribution in [0.15, 0.2) is 29.1 Å². The van der Waals surface area contributed by atoms with Crippen LogP contribution in [-0.2, 0) is 37.8 Å². The molecule has 0 aliphatic carbocycles. The number of benzene rings is 1. The lowest BCUT2D eigenvalue weighted by atomic mass is 9.85. The topological polar surface area (TPSA) is 132 Å². The van der Waals surface area contributed by atoms with Gasteiger partial charge in [0.05, 0.1) is 35.6 Å². The normalized spacial score (nSPS) is 19.1. The summed E-state index contributed by atoms with van der Waals surface area (Å²) < 4.78 is 23.3. The number of carbonyl (C=O) groups excluding carboxylic acids is 2. The smallest absolute Gasteiger partial charge is 0.355 e. The van der Waals surface area contributed by atoms with Gasteiger partial charge in [0, 0.05) is 22.6 Å². The number of esters is 2. The van der Waals surface area contributed by atoms with Crippen molar-refractivity contribution >= 4 is 35.2 Å². The van der Waals surface area contributed by atoms with E-state index in [4.69, 9.17) is 29.7 Å². The first-order chi connectivity index (χ1) is 15.9. The quantitative estimate of drug-likeness (QED) is 0.431. The van der Waals surface area contributed by atoms with Crippen LogP contribution >= 0.6 is 12.4 Å². The van der Waals surface area contributed by atoms with Crippen LogP contribution in [0, 0.1) is 0 Å². The van der Waals surface area contributed by atoms with Crippen molar-refractivity contribution in [1.82, 2.24) is 9.55 Å². The Hall–Kier alpha value is -3.63. The highest BCUT2D eigenvalue weighted by Gasteiger charge is 2.50. The molecule has 176 valence electrons. The van der Waals surface area contributed by atoms with E-state index < -0.39 is 24.1 Å². The van der Waals surface area contributed by atoms with E-state index in [0.717, 1.165) is 10.9 Å². The lowest BCUT2D eigenvalue weighted by Gasteiger charge is -2.35. The number of hydrogen-bond acceptors (Lipinski definition) is 9. The van der Waals surface area contributed by atoms with E-state index in [9.17, 15) is 14.4 Å². The molecule has 0 fully saturated rings. The number of hydrogen-bond donors (Lipinski definition) is 1. The first-order valence-electron chi connectivity index (χ1n) is 10.5. The van der Waals surface area contributed by atoms with Gasteiger partial charge in [0.15, 0.2) is 11.5 Å². The van der Waals surface area contributed by atoms with Crippen LogP contribution in [0.5, 0.6) is 11.5 Å². The molecule has 0 amide bonds. The second kappa shape index (κ2) is 7.71. The summed E-state index contributed by atoms with van der Waals surface area (Å²) in [6, 6.07) is 7.34. The summed E-state index contributed by atoms with van der Waals surface area (Å²) in [5.74, 6) is -0.224. The van der Waals surface area contributed by atoms with Gasteiger partial charge in [-0.25, -0.2) is 9.78 Å². The predicted octanol–water partition coefficient (Wildman–Crippen LogP) is 1.74. The largest absolute Gasteiger partial charge is 0.457 e. The highest BCUT2D eigenvalue weighted by molar-refractivity contribution is 5.89. The van der Waals surface area contributed by atoms with Crippen LogP contribution in [-0.4, -0.2) is 34.8 Å². The monoisotopic (exact) mass is 485 g/mol. The third kappa shape index (κ3) is 2.92. The fourth-order valence-electron chi connectivity index (χ4n) is 4.77. The predicted molar refractivity (Wildman–Crippen MR) is 121 cm³/mol. The number of pyridine rings is 2. The van der Waals surface area contributed by atoms with Gasteiger partial charge >= 0.3 is 11.9 Å². The minimum atomic E-state index is -1.73. The standard InChI is InChI=1S/C23H19N3O7.ClH/c1-2-23(33-19(27)7-24)14-5-16-20-12(8-26(16)21(28)13(14)9-30-22(23)29)3-11-4-17-18(32-10-31-17)6-15(11)25-20;/h3-6H,2,7-10,24H2,1H3;1H. The van der Waals surface area contributed by atoms with Crippen molar-refractivity contribution < 1.29 is 28.5 Å². The summed E-state index contributed by atoms with van der Waals surface area (Å²) in [5, 5.41) is 0.863. The van der Waals surface area contributed by atoms with Gasteiger partial charge in [-0.05, 0) is 24.6 Å². The van der Waals surface area contributed by atoms with E-state index in [1.807, 2.05) is 12.1 Å². The van der Waals surface area contributed by atoms with E-state index in [2.05, 4.69) is 0 Å². The fourth-order valence-corrected chi connectivity index (χ4v) is 4.77. The van der Waals surface area contributed by atoms with Gasteiger partial charge in [0.2, 0.25) is 12.4 Å². The molecule has 3 aliphatic rings. The number of nitrogens with two attached hydrogens (primary N) is 1. The zero-order chi connectivity index (χ0) is 22.9. The number of nitrogens with zero attached hydrogens (tertiary/aromatic N) is 2. The summed E-state index contributed by atoms with van der Waals surface area (Å²) in [4.78, 5) is 43.1. The number of cyclic esters (lactones) is 1. The van der Waals surface area contributed by atoms with E-state index in [0.29, 0.717) is 40.5 Å². The minimum Gasteiger partial charge on any atom is -0.457 e. The fraction of sp³-hybridized carbons (Fsp3) is 0.304.